The van der Waals surface area contributed by atoms with Crippen molar-refractivity contribution in [1.29, 1.82) is 0 Å². The van der Waals surface area contributed by atoms with E-state index < -0.39 is 0 Å². The largest absolute Gasteiger partial charge is 0.378 e. The Morgan fingerprint density at radius 3 is 2.82 bits per heavy atom. The number of carbonyl (C=O) groups is 1. The fourth-order valence-electron chi connectivity index (χ4n) is 2.46. The van der Waals surface area contributed by atoms with Crippen LogP contribution in [0, 0.1) is 6.92 Å². The van der Waals surface area contributed by atoms with Crippen LogP contribution in [0.1, 0.15) is 16.1 Å². The summed E-state index contributed by atoms with van der Waals surface area (Å²) in [6, 6.07) is 7.79. The maximum absolute atomic E-state index is 12.4. The molecule has 0 atom stereocenters. The van der Waals surface area contributed by atoms with Crippen LogP contribution in [0.2, 0.25) is 0 Å². The van der Waals surface area contributed by atoms with Crippen molar-refractivity contribution >= 4 is 17.3 Å². The molecule has 0 aliphatic carbocycles. The zero-order valence-corrected chi connectivity index (χ0v) is 12.5. The van der Waals surface area contributed by atoms with Crippen LogP contribution >= 0.6 is 0 Å². The maximum atomic E-state index is 12.4. The fourth-order valence-corrected chi connectivity index (χ4v) is 2.46. The number of aryl methyl sites for hydroxylation is 1. The topological polar surface area (TPSA) is 67.4 Å². The van der Waals surface area contributed by atoms with Gasteiger partial charge < -0.3 is 15.0 Å². The second kappa shape index (κ2) is 6.53. The Kier molecular flexibility index (Phi) is 4.29. The summed E-state index contributed by atoms with van der Waals surface area (Å²) in [7, 11) is 0. The predicted molar refractivity (Wildman–Crippen MR) is 84.2 cm³/mol. The fraction of sp³-hybridized carbons (Fsp3) is 0.312. The van der Waals surface area contributed by atoms with Gasteiger partial charge in [0.05, 0.1) is 35.8 Å². The van der Waals surface area contributed by atoms with Crippen LogP contribution in [0.25, 0.3) is 0 Å². The van der Waals surface area contributed by atoms with Gasteiger partial charge in [-0.05, 0) is 19.1 Å². The summed E-state index contributed by atoms with van der Waals surface area (Å²) in [5, 5.41) is 2.96. The molecular formula is C16H18N4O2. The number of hydrogen-bond donors (Lipinski definition) is 1. The second-order valence-corrected chi connectivity index (χ2v) is 5.09. The number of rotatable bonds is 3. The first-order valence-corrected chi connectivity index (χ1v) is 7.25. The van der Waals surface area contributed by atoms with Gasteiger partial charge in [0.1, 0.15) is 6.33 Å². The lowest BCUT2D eigenvalue weighted by molar-refractivity contribution is 0.102. The van der Waals surface area contributed by atoms with Crippen LogP contribution < -0.4 is 10.2 Å². The minimum absolute atomic E-state index is 0.196. The first kappa shape index (κ1) is 14.5. The Labute approximate surface area is 129 Å². The van der Waals surface area contributed by atoms with Gasteiger partial charge in [-0.3, -0.25) is 4.79 Å². The lowest BCUT2D eigenvalue weighted by atomic mass is 10.2. The molecule has 0 bridgehead atoms. The average molecular weight is 298 g/mol. The smallest absolute Gasteiger partial charge is 0.259 e. The zero-order chi connectivity index (χ0) is 15.4. The van der Waals surface area contributed by atoms with E-state index in [0.29, 0.717) is 24.5 Å². The minimum atomic E-state index is -0.196. The van der Waals surface area contributed by atoms with E-state index in [0.717, 1.165) is 24.5 Å². The average Bonchev–Trinajstić information content (AvgIpc) is 2.56. The number of morpholine rings is 1. The number of ether oxygens (including phenoxy) is 1. The van der Waals surface area contributed by atoms with Gasteiger partial charge in [-0.25, -0.2) is 9.97 Å². The van der Waals surface area contributed by atoms with Gasteiger partial charge in [0.15, 0.2) is 0 Å². The summed E-state index contributed by atoms with van der Waals surface area (Å²) in [5.41, 5.74) is 2.95. The third kappa shape index (κ3) is 3.07. The van der Waals surface area contributed by atoms with Crippen molar-refractivity contribution in [3.63, 3.8) is 0 Å². The Bertz CT molecular complexity index is 669. The number of amides is 1. The van der Waals surface area contributed by atoms with Crippen LogP contribution in [0.5, 0.6) is 0 Å². The highest BCUT2D eigenvalue weighted by Gasteiger charge is 2.17. The van der Waals surface area contributed by atoms with E-state index in [2.05, 4.69) is 20.2 Å². The Balaban J connectivity index is 1.83. The molecule has 6 heteroatoms. The van der Waals surface area contributed by atoms with E-state index in [1.165, 1.54) is 12.5 Å². The van der Waals surface area contributed by atoms with E-state index in [4.69, 9.17) is 4.74 Å². The molecule has 1 amide bonds. The van der Waals surface area contributed by atoms with Crippen LogP contribution in [-0.4, -0.2) is 42.2 Å². The monoisotopic (exact) mass is 298 g/mol. The zero-order valence-electron chi connectivity index (χ0n) is 12.5. The van der Waals surface area contributed by atoms with Crippen molar-refractivity contribution in [3.8, 4) is 0 Å². The number of anilines is 2. The molecule has 1 aliphatic heterocycles. The Morgan fingerprint density at radius 1 is 1.27 bits per heavy atom. The molecule has 3 rings (SSSR count). The summed E-state index contributed by atoms with van der Waals surface area (Å²) >= 11 is 0. The molecule has 0 spiro atoms. The molecule has 1 fully saturated rings. The Morgan fingerprint density at radius 2 is 2.05 bits per heavy atom. The van der Waals surface area contributed by atoms with Crippen molar-refractivity contribution in [2.24, 2.45) is 0 Å². The molecule has 1 aromatic carbocycles. The van der Waals surface area contributed by atoms with Gasteiger partial charge >= 0.3 is 0 Å². The van der Waals surface area contributed by atoms with Crippen molar-refractivity contribution in [2.45, 2.75) is 6.92 Å². The van der Waals surface area contributed by atoms with E-state index in [-0.39, 0.29) is 5.91 Å². The van der Waals surface area contributed by atoms with Gasteiger partial charge in [0, 0.05) is 19.3 Å². The summed E-state index contributed by atoms with van der Waals surface area (Å²) in [5.74, 6) is -0.196. The molecular weight excluding hydrogens is 280 g/mol. The molecule has 0 unspecified atom stereocenters. The van der Waals surface area contributed by atoms with Gasteiger partial charge in [-0.2, -0.15) is 0 Å². The molecule has 1 saturated heterocycles. The van der Waals surface area contributed by atoms with Gasteiger partial charge in [0.2, 0.25) is 0 Å². The first-order chi connectivity index (χ1) is 10.8. The van der Waals surface area contributed by atoms with Gasteiger partial charge in [-0.1, -0.05) is 12.1 Å². The minimum Gasteiger partial charge on any atom is -0.378 e. The van der Waals surface area contributed by atoms with E-state index in [1.54, 1.807) is 6.92 Å². The van der Waals surface area contributed by atoms with Crippen LogP contribution in [0.4, 0.5) is 11.4 Å². The lowest BCUT2D eigenvalue weighted by Crippen LogP contribution is -2.36. The molecule has 1 aliphatic rings. The standard InChI is InChI=1S/C16H18N4O2/c1-12-13(10-17-11-18-12)16(21)19-14-4-2-3-5-15(14)20-6-8-22-9-7-20/h2-5,10-11H,6-9H2,1H3,(H,19,21). The van der Waals surface area contributed by atoms with E-state index in [9.17, 15) is 4.79 Å². The van der Waals surface area contributed by atoms with Crippen molar-refractivity contribution in [2.75, 3.05) is 36.5 Å². The highest BCUT2D eigenvalue weighted by atomic mass is 16.5. The van der Waals surface area contributed by atoms with Crippen molar-refractivity contribution in [3.05, 3.63) is 48.0 Å². The summed E-state index contributed by atoms with van der Waals surface area (Å²) in [4.78, 5) is 22.6. The summed E-state index contributed by atoms with van der Waals surface area (Å²) < 4.78 is 5.38. The number of hydrogen-bond acceptors (Lipinski definition) is 5. The Hall–Kier alpha value is -2.47. The quantitative estimate of drug-likeness (QED) is 0.937. The number of benzene rings is 1. The molecule has 22 heavy (non-hydrogen) atoms. The number of nitrogens with one attached hydrogen (secondary N) is 1. The molecule has 0 radical (unpaired) electrons. The molecule has 1 N–H and O–H groups in total. The van der Waals surface area contributed by atoms with Crippen LogP contribution in [0.3, 0.4) is 0 Å². The molecule has 0 saturated carbocycles. The first-order valence-electron chi connectivity index (χ1n) is 7.25. The van der Waals surface area contributed by atoms with Crippen LogP contribution in [0.15, 0.2) is 36.8 Å². The lowest BCUT2D eigenvalue weighted by Gasteiger charge is -2.30. The molecule has 114 valence electrons. The normalized spacial score (nSPS) is 14.7. The molecule has 6 nitrogen and oxygen atoms in total. The number of nitrogens with zero attached hydrogens (tertiary/aromatic N) is 3. The molecule has 2 heterocycles. The second-order valence-electron chi connectivity index (χ2n) is 5.09. The summed E-state index contributed by atoms with van der Waals surface area (Å²) in [6.07, 6.45) is 2.98. The van der Waals surface area contributed by atoms with Crippen molar-refractivity contribution < 1.29 is 9.53 Å². The molecule has 2 aromatic rings. The maximum Gasteiger partial charge on any atom is 0.259 e. The number of carbonyl (C=O) groups excluding carboxylic acids is 1. The third-order valence-corrected chi connectivity index (χ3v) is 3.66. The van der Waals surface area contributed by atoms with Gasteiger partial charge in [-0.15, -0.1) is 0 Å². The number of para-hydroxylation sites is 2. The van der Waals surface area contributed by atoms with Crippen LogP contribution in [-0.2, 0) is 4.74 Å². The number of aromatic nitrogens is 2. The van der Waals surface area contributed by atoms with E-state index >= 15 is 0 Å². The third-order valence-electron chi connectivity index (χ3n) is 3.66. The predicted octanol–water partition coefficient (Wildman–Crippen LogP) is 1.87. The highest BCUT2D eigenvalue weighted by Crippen LogP contribution is 2.26. The van der Waals surface area contributed by atoms with E-state index in [1.807, 2.05) is 24.3 Å². The van der Waals surface area contributed by atoms with Crippen molar-refractivity contribution in [1.82, 2.24) is 9.97 Å². The van der Waals surface area contributed by atoms with Gasteiger partial charge in [0.25, 0.3) is 5.91 Å². The summed E-state index contributed by atoms with van der Waals surface area (Å²) in [6.45, 7) is 4.84. The SMILES string of the molecule is Cc1ncncc1C(=O)Nc1ccccc1N1CCOCC1. The molecule has 1 aromatic heterocycles. The highest BCUT2D eigenvalue weighted by molar-refractivity contribution is 6.06.